The lowest BCUT2D eigenvalue weighted by Crippen LogP contribution is -2.36. The molecule has 1 fully saturated rings. The Balaban J connectivity index is 1.54. The minimum absolute atomic E-state index is 0.0358. The van der Waals surface area contributed by atoms with Gasteiger partial charge in [-0.25, -0.2) is 4.39 Å². The Kier molecular flexibility index (Phi) is 6.06. The highest BCUT2D eigenvalue weighted by atomic mass is 19.1. The third kappa shape index (κ3) is 5.06. The van der Waals surface area contributed by atoms with E-state index in [1.54, 1.807) is 13.0 Å². The molecule has 2 amide bonds. The number of carbonyl (C=O) groups is 2. The Morgan fingerprint density at radius 1 is 1.15 bits per heavy atom. The van der Waals surface area contributed by atoms with Gasteiger partial charge in [0, 0.05) is 25.2 Å². The Labute approximate surface area is 158 Å². The lowest BCUT2D eigenvalue weighted by molar-refractivity contribution is -0.127. The number of amides is 2. The summed E-state index contributed by atoms with van der Waals surface area (Å²) in [5.74, 6) is -0.177. The minimum Gasteiger partial charge on any atom is -0.481 e. The van der Waals surface area contributed by atoms with Crippen molar-refractivity contribution in [2.24, 2.45) is 0 Å². The second-order valence-corrected chi connectivity index (χ2v) is 6.63. The molecule has 1 N–H and O–H groups in total. The van der Waals surface area contributed by atoms with Crippen molar-refractivity contribution in [3.8, 4) is 5.75 Å². The number of hydrogen-bond acceptors (Lipinski definition) is 3. The molecule has 2 aromatic rings. The molecular formula is C21H23FN2O3. The molecule has 1 unspecified atom stereocenters. The van der Waals surface area contributed by atoms with E-state index in [2.05, 4.69) is 5.32 Å². The number of nitrogens with one attached hydrogen (secondary N) is 1. The Hall–Kier alpha value is -2.89. The topological polar surface area (TPSA) is 58.6 Å². The van der Waals surface area contributed by atoms with Gasteiger partial charge in [-0.3, -0.25) is 9.59 Å². The summed E-state index contributed by atoms with van der Waals surface area (Å²) in [6, 6.07) is 12.8. The predicted molar refractivity (Wildman–Crippen MR) is 99.9 cm³/mol. The Morgan fingerprint density at radius 3 is 2.56 bits per heavy atom. The highest BCUT2D eigenvalue weighted by Gasteiger charge is 2.20. The minimum atomic E-state index is -0.718. The van der Waals surface area contributed by atoms with Gasteiger partial charge in [-0.2, -0.15) is 0 Å². The quantitative estimate of drug-likeness (QED) is 0.850. The number of carbonyl (C=O) groups excluding carboxylic acids is 2. The van der Waals surface area contributed by atoms with Gasteiger partial charge in [0.15, 0.2) is 6.10 Å². The largest absolute Gasteiger partial charge is 0.481 e. The van der Waals surface area contributed by atoms with E-state index in [1.165, 1.54) is 24.3 Å². The first-order chi connectivity index (χ1) is 13.0. The Bertz CT molecular complexity index is 801. The first kappa shape index (κ1) is 18.9. The number of likely N-dealkylation sites (tertiary alicyclic amines) is 1. The number of ether oxygens (including phenoxy) is 1. The van der Waals surface area contributed by atoms with Gasteiger partial charge in [0.25, 0.3) is 11.8 Å². The van der Waals surface area contributed by atoms with E-state index in [0.29, 0.717) is 17.9 Å². The van der Waals surface area contributed by atoms with Crippen LogP contribution in [0.15, 0.2) is 48.5 Å². The van der Waals surface area contributed by atoms with Crippen LogP contribution in [0.25, 0.3) is 0 Å². The molecule has 6 heteroatoms. The number of nitrogens with zero attached hydrogens (tertiary/aromatic N) is 1. The normalized spacial score (nSPS) is 14.7. The summed E-state index contributed by atoms with van der Waals surface area (Å²) in [6.45, 7) is 3.54. The van der Waals surface area contributed by atoms with Crippen LogP contribution in [0.1, 0.15) is 35.7 Å². The van der Waals surface area contributed by atoms with E-state index in [1.807, 2.05) is 23.1 Å². The third-order valence-electron chi connectivity index (χ3n) is 4.53. The van der Waals surface area contributed by atoms with Crippen LogP contribution in [0, 0.1) is 5.82 Å². The van der Waals surface area contributed by atoms with Crippen molar-refractivity contribution >= 4 is 11.8 Å². The SMILES string of the molecule is CC(Oc1ccc(F)cc1)C(=O)NCc1cccc(C(=O)N2CCCC2)c1. The second kappa shape index (κ2) is 8.66. The molecule has 1 aliphatic rings. The lowest BCUT2D eigenvalue weighted by atomic mass is 10.1. The maximum atomic E-state index is 12.9. The smallest absolute Gasteiger partial charge is 0.261 e. The summed E-state index contributed by atoms with van der Waals surface area (Å²) < 4.78 is 18.4. The van der Waals surface area contributed by atoms with E-state index in [0.717, 1.165) is 31.5 Å². The molecule has 142 valence electrons. The Morgan fingerprint density at radius 2 is 1.85 bits per heavy atom. The molecule has 1 saturated heterocycles. The van der Waals surface area contributed by atoms with Crippen molar-refractivity contribution in [2.75, 3.05) is 13.1 Å². The van der Waals surface area contributed by atoms with Gasteiger partial charge in [0.05, 0.1) is 0 Å². The lowest BCUT2D eigenvalue weighted by Gasteiger charge is -2.16. The average Bonchev–Trinajstić information content (AvgIpc) is 3.22. The first-order valence-electron chi connectivity index (χ1n) is 9.11. The molecule has 0 saturated carbocycles. The zero-order valence-electron chi connectivity index (χ0n) is 15.3. The van der Waals surface area contributed by atoms with Gasteiger partial charge in [0.1, 0.15) is 11.6 Å². The molecule has 0 spiro atoms. The van der Waals surface area contributed by atoms with Crippen LogP contribution in [0.5, 0.6) is 5.75 Å². The van der Waals surface area contributed by atoms with Crippen molar-refractivity contribution in [3.63, 3.8) is 0 Å². The number of rotatable bonds is 6. The maximum Gasteiger partial charge on any atom is 0.261 e. The summed E-state index contributed by atoms with van der Waals surface area (Å²) >= 11 is 0. The van der Waals surface area contributed by atoms with E-state index in [-0.39, 0.29) is 17.6 Å². The molecule has 2 aromatic carbocycles. The summed E-state index contributed by atoms with van der Waals surface area (Å²) in [5, 5.41) is 2.80. The van der Waals surface area contributed by atoms with Crippen molar-refractivity contribution in [2.45, 2.75) is 32.4 Å². The fourth-order valence-electron chi connectivity index (χ4n) is 3.02. The van der Waals surface area contributed by atoms with Crippen LogP contribution in [0.2, 0.25) is 0 Å². The van der Waals surface area contributed by atoms with Gasteiger partial charge < -0.3 is 15.0 Å². The second-order valence-electron chi connectivity index (χ2n) is 6.63. The average molecular weight is 370 g/mol. The molecule has 1 atom stereocenters. The summed E-state index contributed by atoms with van der Waals surface area (Å²) in [4.78, 5) is 26.6. The molecule has 3 rings (SSSR count). The van der Waals surface area contributed by atoms with Crippen LogP contribution in [-0.4, -0.2) is 35.9 Å². The first-order valence-corrected chi connectivity index (χ1v) is 9.11. The van der Waals surface area contributed by atoms with Crippen molar-refractivity contribution < 1.29 is 18.7 Å². The summed E-state index contributed by atoms with van der Waals surface area (Å²) in [6.07, 6.45) is 1.38. The highest BCUT2D eigenvalue weighted by molar-refractivity contribution is 5.94. The fraction of sp³-hybridized carbons (Fsp3) is 0.333. The van der Waals surface area contributed by atoms with Crippen LogP contribution >= 0.6 is 0 Å². The third-order valence-corrected chi connectivity index (χ3v) is 4.53. The molecule has 0 radical (unpaired) electrons. The molecule has 0 bridgehead atoms. The number of benzene rings is 2. The maximum absolute atomic E-state index is 12.9. The molecule has 0 aromatic heterocycles. The number of hydrogen-bond donors (Lipinski definition) is 1. The predicted octanol–water partition coefficient (Wildman–Crippen LogP) is 3.15. The van der Waals surface area contributed by atoms with Crippen molar-refractivity contribution in [1.29, 1.82) is 0 Å². The van der Waals surface area contributed by atoms with Gasteiger partial charge in [-0.15, -0.1) is 0 Å². The van der Waals surface area contributed by atoms with Crippen LogP contribution in [0.4, 0.5) is 4.39 Å². The zero-order chi connectivity index (χ0) is 19.2. The van der Waals surface area contributed by atoms with Gasteiger partial charge in [-0.05, 0) is 61.7 Å². The van der Waals surface area contributed by atoms with Crippen LogP contribution in [0.3, 0.4) is 0 Å². The van der Waals surface area contributed by atoms with E-state index in [9.17, 15) is 14.0 Å². The summed E-state index contributed by atoms with van der Waals surface area (Å²) in [5.41, 5.74) is 1.49. The van der Waals surface area contributed by atoms with Crippen molar-refractivity contribution in [3.05, 3.63) is 65.5 Å². The van der Waals surface area contributed by atoms with E-state index >= 15 is 0 Å². The van der Waals surface area contributed by atoms with E-state index in [4.69, 9.17) is 4.74 Å². The summed E-state index contributed by atoms with van der Waals surface area (Å²) in [7, 11) is 0. The van der Waals surface area contributed by atoms with Gasteiger partial charge >= 0.3 is 0 Å². The van der Waals surface area contributed by atoms with Crippen LogP contribution < -0.4 is 10.1 Å². The van der Waals surface area contributed by atoms with Crippen molar-refractivity contribution in [1.82, 2.24) is 10.2 Å². The molecule has 5 nitrogen and oxygen atoms in total. The standard InChI is InChI=1S/C21H23FN2O3/c1-15(27-19-9-7-18(22)8-10-19)20(25)23-14-16-5-4-6-17(13-16)21(26)24-11-2-3-12-24/h4-10,13,15H,2-3,11-12,14H2,1H3,(H,23,25). The molecule has 0 aliphatic carbocycles. The fourth-order valence-corrected chi connectivity index (χ4v) is 3.02. The highest BCUT2D eigenvalue weighted by Crippen LogP contribution is 2.15. The monoisotopic (exact) mass is 370 g/mol. The van der Waals surface area contributed by atoms with Gasteiger partial charge in [-0.1, -0.05) is 12.1 Å². The van der Waals surface area contributed by atoms with Crippen LogP contribution in [-0.2, 0) is 11.3 Å². The molecule has 1 heterocycles. The zero-order valence-corrected chi connectivity index (χ0v) is 15.3. The number of halogens is 1. The molecule has 27 heavy (non-hydrogen) atoms. The molecular weight excluding hydrogens is 347 g/mol. The van der Waals surface area contributed by atoms with E-state index < -0.39 is 6.10 Å². The molecule has 1 aliphatic heterocycles. The van der Waals surface area contributed by atoms with Gasteiger partial charge in [0.2, 0.25) is 0 Å².